The lowest BCUT2D eigenvalue weighted by atomic mass is 10.00. The molecule has 0 aliphatic heterocycles. The number of halogens is 1. The van der Waals surface area contributed by atoms with Crippen molar-refractivity contribution in [3.63, 3.8) is 0 Å². The third kappa shape index (κ3) is 5.17. The molecule has 2 aromatic carbocycles. The summed E-state index contributed by atoms with van der Waals surface area (Å²) in [4.78, 5) is 10.00. The van der Waals surface area contributed by atoms with Gasteiger partial charge in [-0.25, -0.2) is 4.98 Å². The maximum absolute atomic E-state index is 4.40. The molecule has 0 amide bonds. The summed E-state index contributed by atoms with van der Waals surface area (Å²) in [5.74, 6) is 0.814. The van der Waals surface area contributed by atoms with E-state index in [-0.39, 0.29) is 30.0 Å². The summed E-state index contributed by atoms with van der Waals surface area (Å²) in [6.07, 6.45) is 2.83. The molecule has 0 aliphatic carbocycles. The maximum atomic E-state index is 4.40. The average Bonchev–Trinajstić information content (AvgIpc) is 3.05. The van der Waals surface area contributed by atoms with Crippen molar-refractivity contribution in [1.82, 2.24) is 15.6 Å². The van der Waals surface area contributed by atoms with Crippen molar-refractivity contribution in [2.75, 3.05) is 13.6 Å². The number of benzene rings is 2. The van der Waals surface area contributed by atoms with E-state index in [2.05, 4.69) is 76.9 Å². The molecule has 3 rings (SSSR count). The van der Waals surface area contributed by atoms with Crippen LogP contribution in [-0.2, 0) is 6.42 Å². The molecule has 1 aromatic heterocycles. The molecule has 138 valence electrons. The van der Waals surface area contributed by atoms with Crippen LogP contribution in [0.1, 0.15) is 28.4 Å². The van der Waals surface area contributed by atoms with Crippen LogP contribution in [0.3, 0.4) is 0 Å². The molecule has 3 aromatic rings. The van der Waals surface area contributed by atoms with Gasteiger partial charge < -0.3 is 10.6 Å². The van der Waals surface area contributed by atoms with Gasteiger partial charge in [-0.15, -0.1) is 35.3 Å². The number of hydrogen-bond acceptors (Lipinski definition) is 3. The SMILES string of the molecule is CN=C(NCCc1ncc(C)s1)NC(C)c1cccc2ccccc12.I. The summed E-state index contributed by atoms with van der Waals surface area (Å²) in [5, 5.41) is 10.6. The second-order valence-corrected chi connectivity index (χ2v) is 7.37. The molecule has 0 saturated carbocycles. The number of guanidine groups is 1. The van der Waals surface area contributed by atoms with E-state index in [0.717, 1.165) is 23.9 Å². The second kappa shape index (κ2) is 9.87. The van der Waals surface area contributed by atoms with Crippen LogP contribution >= 0.6 is 35.3 Å². The molecule has 4 nitrogen and oxygen atoms in total. The van der Waals surface area contributed by atoms with Crippen molar-refractivity contribution in [1.29, 1.82) is 0 Å². The van der Waals surface area contributed by atoms with Crippen LogP contribution in [-0.4, -0.2) is 24.5 Å². The zero-order chi connectivity index (χ0) is 17.6. The zero-order valence-electron chi connectivity index (χ0n) is 15.3. The lowest BCUT2D eigenvalue weighted by Crippen LogP contribution is -2.39. The van der Waals surface area contributed by atoms with Crippen molar-refractivity contribution in [2.24, 2.45) is 4.99 Å². The maximum Gasteiger partial charge on any atom is 0.191 e. The number of rotatable bonds is 5. The summed E-state index contributed by atoms with van der Waals surface area (Å²) < 4.78 is 0. The molecule has 0 radical (unpaired) electrons. The highest BCUT2D eigenvalue weighted by Crippen LogP contribution is 2.23. The van der Waals surface area contributed by atoms with Crippen molar-refractivity contribution < 1.29 is 0 Å². The van der Waals surface area contributed by atoms with Crippen molar-refractivity contribution in [3.05, 3.63) is 64.1 Å². The van der Waals surface area contributed by atoms with Crippen LogP contribution in [0.25, 0.3) is 10.8 Å². The Morgan fingerprint density at radius 2 is 1.96 bits per heavy atom. The average molecular weight is 480 g/mol. The van der Waals surface area contributed by atoms with E-state index in [1.54, 1.807) is 18.4 Å². The number of fused-ring (bicyclic) bond motifs is 1. The predicted octanol–water partition coefficient (Wildman–Crippen LogP) is 4.69. The number of aryl methyl sites for hydroxylation is 1. The van der Waals surface area contributed by atoms with Crippen molar-refractivity contribution >= 4 is 52.0 Å². The molecule has 26 heavy (non-hydrogen) atoms. The van der Waals surface area contributed by atoms with Gasteiger partial charge in [0, 0.05) is 31.1 Å². The van der Waals surface area contributed by atoms with E-state index < -0.39 is 0 Å². The van der Waals surface area contributed by atoms with Gasteiger partial charge in [0.2, 0.25) is 0 Å². The number of nitrogens with one attached hydrogen (secondary N) is 2. The van der Waals surface area contributed by atoms with Gasteiger partial charge in [-0.2, -0.15) is 0 Å². The fourth-order valence-corrected chi connectivity index (χ4v) is 3.70. The molecule has 1 heterocycles. The molecule has 0 aliphatic rings. The first-order valence-corrected chi connectivity index (χ1v) is 9.35. The van der Waals surface area contributed by atoms with Gasteiger partial charge in [0.15, 0.2) is 5.96 Å². The van der Waals surface area contributed by atoms with Gasteiger partial charge in [-0.3, -0.25) is 4.99 Å². The molecule has 1 atom stereocenters. The number of aliphatic imine (C=N–C) groups is 1. The quantitative estimate of drug-likeness (QED) is 0.317. The Balaban J connectivity index is 0.00000243. The first-order valence-electron chi connectivity index (χ1n) is 8.53. The summed E-state index contributed by atoms with van der Waals surface area (Å²) >= 11 is 1.75. The van der Waals surface area contributed by atoms with E-state index in [1.165, 1.54) is 21.2 Å². The molecule has 1 unspecified atom stereocenters. The minimum atomic E-state index is 0. The molecule has 6 heteroatoms. The summed E-state index contributed by atoms with van der Waals surface area (Å²) in [7, 11) is 1.80. The van der Waals surface area contributed by atoms with Gasteiger partial charge >= 0.3 is 0 Å². The Morgan fingerprint density at radius 1 is 1.19 bits per heavy atom. The zero-order valence-corrected chi connectivity index (χ0v) is 18.5. The minimum Gasteiger partial charge on any atom is -0.356 e. The lowest BCUT2D eigenvalue weighted by molar-refractivity contribution is 0.688. The number of hydrogen-bond donors (Lipinski definition) is 2. The Morgan fingerprint density at radius 3 is 2.69 bits per heavy atom. The highest BCUT2D eigenvalue weighted by Gasteiger charge is 2.11. The molecule has 0 fully saturated rings. The van der Waals surface area contributed by atoms with Crippen LogP contribution < -0.4 is 10.6 Å². The highest BCUT2D eigenvalue weighted by atomic mass is 127. The van der Waals surface area contributed by atoms with Crippen LogP contribution in [0.5, 0.6) is 0 Å². The third-order valence-electron chi connectivity index (χ3n) is 4.17. The first-order chi connectivity index (χ1) is 12.2. The van der Waals surface area contributed by atoms with Crippen LogP contribution in [0.15, 0.2) is 53.7 Å². The Hall–Kier alpha value is -1.67. The van der Waals surface area contributed by atoms with E-state index in [9.17, 15) is 0 Å². The van der Waals surface area contributed by atoms with E-state index >= 15 is 0 Å². The summed E-state index contributed by atoms with van der Waals surface area (Å²) in [6, 6.07) is 15.1. The summed E-state index contributed by atoms with van der Waals surface area (Å²) in [5.41, 5.74) is 1.27. The standard InChI is InChI=1S/C20H24N4S.HI/c1-14-13-23-19(25-14)11-12-22-20(21-3)24-15(2)17-10-6-8-16-7-4-5-9-18(16)17;/h4-10,13,15H,11-12H2,1-3H3,(H2,21,22,24);1H. The predicted molar refractivity (Wildman–Crippen MR) is 123 cm³/mol. The Labute approximate surface area is 176 Å². The van der Waals surface area contributed by atoms with Gasteiger partial charge in [0.25, 0.3) is 0 Å². The minimum absolute atomic E-state index is 0. The van der Waals surface area contributed by atoms with Gasteiger partial charge in [0.05, 0.1) is 11.0 Å². The topological polar surface area (TPSA) is 49.3 Å². The van der Waals surface area contributed by atoms with Crippen molar-refractivity contribution in [2.45, 2.75) is 26.3 Å². The van der Waals surface area contributed by atoms with E-state index in [1.807, 2.05) is 6.20 Å². The highest BCUT2D eigenvalue weighted by molar-refractivity contribution is 14.0. The normalized spacial score (nSPS) is 12.5. The van der Waals surface area contributed by atoms with Crippen molar-refractivity contribution in [3.8, 4) is 0 Å². The molecular formula is C20H25IN4S. The van der Waals surface area contributed by atoms with E-state index in [0.29, 0.717) is 0 Å². The molecule has 0 spiro atoms. The number of thiazole rings is 1. The monoisotopic (exact) mass is 480 g/mol. The first kappa shape index (κ1) is 20.6. The molecule has 0 saturated heterocycles. The second-order valence-electron chi connectivity index (χ2n) is 6.05. The summed E-state index contributed by atoms with van der Waals surface area (Å²) in [6.45, 7) is 5.06. The molecule has 2 N–H and O–H groups in total. The lowest BCUT2D eigenvalue weighted by Gasteiger charge is -2.19. The Kier molecular flexibility index (Phi) is 7.84. The largest absolute Gasteiger partial charge is 0.356 e. The van der Waals surface area contributed by atoms with Crippen LogP contribution in [0.2, 0.25) is 0 Å². The number of nitrogens with zero attached hydrogens (tertiary/aromatic N) is 2. The molecule has 0 bridgehead atoms. The smallest absolute Gasteiger partial charge is 0.191 e. The van der Waals surface area contributed by atoms with Gasteiger partial charge in [0.1, 0.15) is 0 Å². The van der Waals surface area contributed by atoms with Crippen LogP contribution in [0.4, 0.5) is 0 Å². The van der Waals surface area contributed by atoms with Gasteiger partial charge in [-0.1, -0.05) is 42.5 Å². The fraction of sp³-hybridized carbons (Fsp3) is 0.300. The fourth-order valence-electron chi connectivity index (χ4n) is 2.91. The third-order valence-corrected chi connectivity index (χ3v) is 5.14. The number of aromatic nitrogens is 1. The molecular weight excluding hydrogens is 455 g/mol. The van der Waals surface area contributed by atoms with Gasteiger partial charge in [-0.05, 0) is 30.2 Å². The van der Waals surface area contributed by atoms with E-state index in [4.69, 9.17) is 0 Å². The van der Waals surface area contributed by atoms with Crippen LogP contribution in [0, 0.1) is 6.92 Å². The Bertz CT molecular complexity index is 870.